The van der Waals surface area contributed by atoms with Crippen molar-refractivity contribution in [3.63, 3.8) is 0 Å². The Hall–Kier alpha value is -3.70. The van der Waals surface area contributed by atoms with Gasteiger partial charge in [-0.15, -0.1) is 5.11 Å². The SMILES string of the molecule is CCOc1cccc(NC(=O)c2cc3ccccc3c(N=Nc3cc(Cl)c(C)c(S(=O)(=O)O)c3)c2O)c1Cl. The van der Waals surface area contributed by atoms with Gasteiger partial charge in [0.1, 0.15) is 21.4 Å². The van der Waals surface area contributed by atoms with Crippen LogP contribution in [0.5, 0.6) is 11.5 Å². The standard InChI is InChI=1S/C26H21Cl2N3O6S/c1-3-37-21-10-6-9-20(23(21)28)29-26(33)18-11-15-7-4-5-8-17(15)24(25(18)32)31-30-16-12-19(27)14(2)22(13-16)38(34,35)36/h4-13,32H,3H2,1-2H3,(H,29,33)(H,34,35,36). The molecular formula is C26H21Cl2N3O6S. The summed E-state index contributed by atoms with van der Waals surface area (Å²) < 4.78 is 38.4. The van der Waals surface area contributed by atoms with E-state index in [-0.39, 0.29) is 38.2 Å². The Morgan fingerprint density at radius 2 is 1.79 bits per heavy atom. The molecule has 0 aliphatic rings. The quantitative estimate of drug-likeness (QED) is 0.155. The third kappa shape index (κ3) is 5.58. The summed E-state index contributed by atoms with van der Waals surface area (Å²) in [4.78, 5) is 12.8. The van der Waals surface area contributed by atoms with E-state index in [0.717, 1.165) is 6.07 Å². The number of anilines is 1. The van der Waals surface area contributed by atoms with Crippen LogP contribution in [0.2, 0.25) is 10.0 Å². The molecule has 0 atom stereocenters. The molecule has 0 saturated heterocycles. The highest BCUT2D eigenvalue weighted by Gasteiger charge is 2.21. The molecule has 0 aromatic heterocycles. The first-order valence-corrected chi connectivity index (χ1v) is 13.4. The number of nitrogens with zero attached hydrogens (tertiary/aromatic N) is 2. The number of ether oxygens (including phenoxy) is 1. The molecule has 0 saturated carbocycles. The first-order chi connectivity index (χ1) is 18.0. The molecule has 0 spiro atoms. The van der Waals surface area contributed by atoms with Crippen molar-refractivity contribution in [1.82, 2.24) is 0 Å². The van der Waals surface area contributed by atoms with Gasteiger partial charge in [0.15, 0.2) is 5.75 Å². The lowest BCUT2D eigenvalue weighted by Gasteiger charge is -2.13. The van der Waals surface area contributed by atoms with E-state index in [9.17, 15) is 22.9 Å². The number of aromatic hydroxyl groups is 1. The van der Waals surface area contributed by atoms with Crippen LogP contribution in [0.1, 0.15) is 22.8 Å². The van der Waals surface area contributed by atoms with Gasteiger partial charge in [0, 0.05) is 10.4 Å². The number of carbonyl (C=O) groups excluding carboxylic acids is 1. The molecule has 38 heavy (non-hydrogen) atoms. The molecule has 4 aromatic rings. The van der Waals surface area contributed by atoms with Crippen LogP contribution < -0.4 is 10.1 Å². The summed E-state index contributed by atoms with van der Waals surface area (Å²) in [6.45, 7) is 3.62. The first-order valence-electron chi connectivity index (χ1n) is 11.2. The number of carbonyl (C=O) groups is 1. The lowest BCUT2D eigenvalue weighted by atomic mass is 10.0. The highest BCUT2D eigenvalue weighted by atomic mass is 35.5. The van der Waals surface area contributed by atoms with E-state index in [2.05, 4.69) is 15.5 Å². The van der Waals surface area contributed by atoms with Crippen molar-refractivity contribution in [3.8, 4) is 11.5 Å². The normalized spacial score (nSPS) is 11.7. The van der Waals surface area contributed by atoms with Crippen LogP contribution in [-0.4, -0.2) is 30.6 Å². The third-order valence-electron chi connectivity index (χ3n) is 5.58. The first kappa shape index (κ1) is 27.3. The van der Waals surface area contributed by atoms with Crippen LogP contribution in [0.15, 0.2) is 75.8 Å². The molecule has 1 amide bonds. The Morgan fingerprint density at radius 3 is 2.50 bits per heavy atom. The summed E-state index contributed by atoms with van der Waals surface area (Å²) in [6.07, 6.45) is 0. The molecule has 0 unspecified atom stereocenters. The highest BCUT2D eigenvalue weighted by Crippen LogP contribution is 2.41. The van der Waals surface area contributed by atoms with E-state index < -0.39 is 26.7 Å². The van der Waals surface area contributed by atoms with Gasteiger partial charge in [-0.25, -0.2) is 0 Å². The maximum absolute atomic E-state index is 13.2. The number of fused-ring (bicyclic) bond motifs is 1. The van der Waals surface area contributed by atoms with Crippen LogP contribution in [0.25, 0.3) is 10.8 Å². The molecule has 0 heterocycles. The Kier molecular flexibility index (Phi) is 7.89. The molecule has 0 bridgehead atoms. The summed E-state index contributed by atoms with van der Waals surface area (Å²) >= 11 is 12.5. The number of azo groups is 1. The van der Waals surface area contributed by atoms with Crippen molar-refractivity contribution >= 4 is 67.1 Å². The number of phenols is 1. The summed E-state index contributed by atoms with van der Waals surface area (Å²) in [5, 5.41) is 23.2. The van der Waals surface area contributed by atoms with Gasteiger partial charge in [0.25, 0.3) is 16.0 Å². The molecule has 3 N–H and O–H groups in total. The molecule has 4 aromatic carbocycles. The molecule has 0 fully saturated rings. The molecular weight excluding hydrogens is 553 g/mol. The van der Waals surface area contributed by atoms with E-state index in [1.54, 1.807) is 49.4 Å². The predicted molar refractivity (Wildman–Crippen MR) is 146 cm³/mol. The zero-order chi connectivity index (χ0) is 27.6. The summed E-state index contributed by atoms with van der Waals surface area (Å²) in [5.41, 5.74) is 0.298. The number of rotatable bonds is 7. The van der Waals surface area contributed by atoms with Gasteiger partial charge in [-0.05, 0) is 55.1 Å². The number of phenolic OH excluding ortho intramolecular Hbond substituents is 1. The van der Waals surface area contributed by atoms with Gasteiger partial charge in [-0.2, -0.15) is 13.5 Å². The fourth-order valence-electron chi connectivity index (χ4n) is 3.73. The maximum atomic E-state index is 13.2. The minimum atomic E-state index is -4.57. The highest BCUT2D eigenvalue weighted by molar-refractivity contribution is 7.85. The van der Waals surface area contributed by atoms with E-state index >= 15 is 0 Å². The van der Waals surface area contributed by atoms with E-state index in [0.29, 0.717) is 23.1 Å². The Bertz CT molecular complexity index is 1710. The lowest BCUT2D eigenvalue weighted by Crippen LogP contribution is -2.13. The van der Waals surface area contributed by atoms with Crippen molar-refractivity contribution in [3.05, 3.63) is 81.8 Å². The minimum Gasteiger partial charge on any atom is -0.505 e. The minimum absolute atomic E-state index is 0.00563. The zero-order valence-corrected chi connectivity index (χ0v) is 22.4. The number of hydrogen-bond acceptors (Lipinski definition) is 7. The van der Waals surface area contributed by atoms with E-state index in [4.69, 9.17) is 27.9 Å². The molecule has 4 rings (SSSR count). The van der Waals surface area contributed by atoms with E-state index in [1.807, 2.05) is 0 Å². The largest absolute Gasteiger partial charge is 0.505 e. The van der Waals surface area contributed by atoms with Crippen LogP contribution in [-0.2, 0) is 10.1 Å². The van der Waals surface area contributed by atoms with Crippen molar-refractivity contribution in [2.24, 2.45) is 10.2 Å². The second kappa shape index (κ2) is 11.0. The maximum Gasteiger partial charge on any atom is 0.294 e. The van der Waals surface area contributed by atoms with Gasteiger partial charge in [0.2, 0.25) is 0 Å². The van der Waals surface area contributed by atoms with Gasteiger partial charge in [0.05, 0.1) is 23.5 Å². The van der Waals surface area contributed by atoms with Crippen molar-refractivity contribution < 1.29 is 27.6 Å². The van der Waals surface area contributed by atoms with Gasteiger partial charge in [-0.3, -0.25) is 9.35 Å². The molecule has 0 radical (unpaired) electrons. The second-order valence-corrected chi connectivity index (χ2v) is 10.2. The molecule has 0 aliphatic heterocycles. The smallest absolute Gasteiger partial charge is 0.294 e. The third-order valence-corrected chi connectivity index (χ3v) is 7.34. The molecule has 196 valence electrons. The van der Waals surface area contributed by atoms with Gasteiger partial charge >= 0.3 is 0 Å². The number of amides is 1. The number of halogens is 2. The fourth-order valence-corrected chi connectivity index (χ4v) is 4.99. The van der Waals surface area contributed by atoms with Crippen molar-refractivity contribution in [2.45, 2.75) is 18.7 Å². The topological polar surface area (TPSA) is 138 Å². The number of nitrogens with one attached hydrogen (secondary N) is 1. The van der Waals surface area contributed by atoms with Gasteiger partial charge in [-0.1, -0.05) is 53.5 Å². The monoisotopic (exact) mass is 573 g/mol. The van der Waals surface area contributed by atoms with E-state index in [1.165, 1.54) is 19.1 Å². The molecule has 12 heteroatoms. The van der Waals surface area contributed by atoms with Crippen LogP contribution in [0.3, 0.4) is 0 Å². The Morgan fingerprint density at radius 1 is 1.05 bits per heavy atom. The summed E-state index contributed by atoms with van der Waals surface area (Å²) in [7, 11) is -4.57. The summed E-state index contributed by atoms with van der Waals surface area (Å²) in [5.74, 6) is -0.729. The molecule has 0 aliphatic carbocycles. The second-order valence-electron chi connectivity index (χ2n) is 8.07. The number of hydrogen-bond donors (Lipinski definition) is 3. The average molecular weight is 574 g/mol. The van der Waals surface area contributed by atoms with Crippen molar-refractivity contribution in [1.29, 1.82) is 0 Å². The Labute approximate surface area is 228 Å². The average Bonchev–Trinajstić information content (AvgIpc) is 2.86. The molecule has 9 nitrogen and oxygen atoms in total. The van der Waals surface area contributed by atoms with Crippen molar-refractivity contribution in [2.75, 3.05) is 11.9 Å². The summed E-state index contributed by atoms with van der Waals surface area (Å²) in [6, 6.07) is 15.8. The van der Waals surface area contributed by atoms with Crippen LogP contribution in [0, 0.1) is 6.92 Å². The fraction of sp³-hybridized carbons (Fsp3) is 0.115. The Balaban J connectivity index is 1.79. The zero-order valence-electron chi connectivity index (χ0n) is 20.1. The van der Waals surface area contributed by atoms with Gasteiger partial charge < -0.3 is 15.2 Å². The lowest BCUT2D eigenvalue weighted by molar-refractivity contribution is 0.102. The van der Waals surface area contributed by atoms with Crippen LogP contribution >= 0.6 is 23.2 Å². The van der Waals surface area contributed by atoms with Crippen LogP contribution in [0.4, 0.5) is 17.1 Å². The number of benzene rings is 4. The predicted octanol–water partition coefficient (Wildman–Crippen LogP) is 7.47.